The van der Waals surface area contributed by atoms with Gasteiger partial charge in [0.2, 0.25) is 5.91 Å². The van der Waals surface area contributed by atoms with Crippen LogP contribution in [0.4, 0.5) is 11.4 Å². The molecule has 0 radical (unpaired) electrons. The minimum absolute atomic E-state index is 0.150. The summed E-state index contributed by atoms with van der Waals surface area (Å²) < 4.78 is 0. The Kier molecular flexibility index (Phi) is 5.96. The van der Waals surface area contributed by atoms with Crippen molar-refractivity contribution >= 4 is 17.3 Å². The number of hydrogen-bond donors (Lipinski definition) is 1. The van der Waals surface area contributed by atoms with Crippen molar-refractivity contribution < 1.29 is 9.72 Å². The number of nitrogens with one attached hydrogen (secondary N) is 1. The highest BCUT2D eigenvalue weighted by Gasteiger charge is 2.21. The summed E-state index contributed by atoms with van der Waals surface area (Å²) in [6, 6.07) is 5.50. The molecule has 1 aliphatic rings. The number of hydrogen-bond acceptors (Lipinski definition) is 4. The van der Waals surface area contributed by atoms with Gasteiger partial charge in [0.05, 0.1) is 4.92 Å². The average Bonchev–Trinajstić information content (AvgIpc) is 2.53. The van der Waals surface area contributed by atoms with Gasteiger partial charge in [-0.25, -0.2) is 0 Å². The van der Waals surface area contributed by atoms with Crippen molar-refractivity contribution in [3.8, 4) is 0 Å². The van der Waals surface area contributed by atoms with Crippen molar-refractivity contribution in [3.63, 3.8) is 0 Å². The Bertz CT molecular complexity index is 566. The second-order valence-corrected chi connectivity index (χ2v) is 6.16. The average molecular weight is 319 g/mol. The summed E-state index contributed by atoms with van der Waals surface area (Å²) in [4.78, 5) is 24.5. The fraction of sp³-hybridized carbons (Fsp3) is 0.588. The van der Waals surface area contributed by atoms with Crippen LogP contribution >= 0.6 is 0 Å². The molecule has 1 aromatic carbocycles. The molecule has 1 aromatic rings. The summed E-state index contributed by atoms with van der Waals surface area (Å²) in [6.07, 6.45) is 4.40. The molecule has 0 aliphatic carbocycles. The van der Waals surface area contributed by atoms with E-state index >= 15 is 0 Å². The zero-order valence-corrected chi connectivity index (χ0v) is 13.9. The predicted octanol–water partition coefficient (Wildman–Crippen LogP) is 3.18. The molecule has 2 rings (SSSR count). The molecule has 1 amide bonds. The molecule has 0 bridgehead atoms. The van der Waals surface area contributed by atoms with Gasteiger partial charge in [-0.15, -0.1) is 0 Å². The van der Waals surface area contributed by atoms with Gasteiger partial charge in [-0.2, -0.15) is 0 Å². The molecule has 1 fully saturated rings. The Morgan fingerprint density at radius 2 is 2.09 bits per heavy atom. The molecule has 0 aromatic heterocycles. The largest absolute Gasteiger partial charge is 0.371 e. The van der Waals surface area contributed by atoms with E-state index < -0.39 is 0 Å². The van der Waals surface area contributed by atoms with Gasteiger partial charge in [0.15, 0.2) is 0 Å². The first-order chi connectivity index (χ1) is 11.0. The molecule has 1 heterocycles. The molecular weight excluding hydrogens is 294 g/mol. The molecule has 0 unspecified atom stereocenters. The number of carbonyl (C=O) groups excluding carboxylic acids is 1. The number of rotatable bonds is 6. The normalized spacial score (nSPS) is 15.5. The monoisotopic (exact) mass is 319 g/mol. The minimum atomic E-state index is -0.350. The zero-order chi connectivity index (χ0) is 16.8. The molecule has 1 aliphatic heterocycles. The summed E-state index contributed by atoms with van der Waals surface area (Å²) >= 11 is 0. The lowest BCUT2D eigenvalue weighted by molar-refractivity contribution is -0.385. The lowest BCUT2D eigenvalue weighted by Gasteiger charge is -2.34. The number of anilines is 1. The Labute approximate surface area is 137 Å². The number of carbonyl (C=O) groups is 1. The summed E-state index contributed by atoms with van der Waals surface area (Å²) in [5.41, 5.74) is 1.86. The van der Waals surface area contributed by atoms with Gasteiger partial charge in [0.1, 0.15) is 0 Å². The first kappa shape index (κ1) is 17.2. The summed E-state index contributed by atoms with van der Waals surface area (Å²) in [6.45, 7) is 5.56. The summed E-state index contributed by atoms with van der Waals surface area (Å²) in [5.74, 6) is 0.150. The van der Waals surface area contributed by atoms with E-state index in [2.05, 4.69) is 17.1 Å². The fourth-order valence-electron chi connectivity index (χ4n) is 2.96. The van der Waals surface area contributed by atoms with Crippen LogP contribution in [-0.2, 0) is 4.79 Å². The van der Waals surface area contributed by atoms with E-state index in [1.807, 2.05) is 12.1 Å². The van der Waals surface area contributed by atoms with E-state index in [0.717, 1.165) is 44.5 Å². The minimum Gasteiger partial charge on any atom is -0.371 e. The van der Waals surface area contributed by atoms with E-state index in [0.29, 0.717) is 12.0 Å². The highest BCUT2D eigenvalue weighted by atomic mass is 16.6. The topological polar surface area (TPSA) is 75.5 Å². The highest BCUT2D eigenvalue weighted by Crippen LogP contribution is 2.26. The van der Waals surface area contributed by atoms with E-state index in [9.17, 15) is 14.9 Å². The van der Waals surface area contributed by atoms with Crippen molar-refractivity contribution in [1.82, 2.24) is 5.32 Å². The van der Waals surface area contributed by atoms with Crippen molar-refractivity contribution in [1.29, 1.82) is 0 Å². The van der Waals surface area contributed by atoms with E-state index in [-0.39, 0.29) is 22.6 Å². The van der Waals surface area contributed by atoms with Crippen LogP contribution in [0.2, 0.25) is 0 Å². The van der Waals surface area contributed by atoms with Gasteiger partial charge < -0.3 is 10.2 Å². The maximum atomic E-state index is 11.8. The van der Waals surface area contributed by atoms with Gasteiger partial charge in [-0.1, -0.05) is 13.3 Å². The molecule has 0 saturated carbocycles. The van der Waals surface area contributed by atoms with Crippen LogP contribution in [-0.4, -0.2) is 30.0 Å². The van der Waals surface area contributed by atoms with Gasteiger partial charge in [0.25, 0.3) is 5.69 Å². The second-order valence-electron chi connectivity index (χ2n) is 6.16. The fourth-order valence-corrected chi connectivity index (χ4v) is 2.96. The lowest BCUT2D eigenvalue weighted by atomic mass is 10.0. The molecular formula is C17H25N3O3. The first-order valence-electron chi connectivity index (χ1n) is 8.30. The summed E-state index contributed by atoms with van der Waals surface area (Å²) in [5, 5.41) is 14.0. The third-order valence-corrected chi connectivity index (χ3v) is 4.36. The van der Waals surface area contributed by atoms with Crippen molar-refractivity contribution in [2.75, 3.05) is 18.0 Å². The van der Waals surface area contributed by atoms with Crippen LogP contribution in [0, 0.1) is 17.0 Å². The van der Waals surface area contributed by atoms with Crippen molar-refractivity contribution in [3.05, 3.63) is 33.9 Å². The number of unbranched alkanes of at least 4 members (excludes halogenated alkanes) is 1. The number of aryl methyl sites for hydroxylation is 1. The van der Waals surface area contributed by atoms with Crippen LogP contribution in [0.25, 0.3) is 0 Å². The van der Waals surface area contributed by atoms with Crippen LogP contribution in [0.5, 0.6) is 0 Å². The predicted molar refractivity (Wildman–Crippen MR) is 90.7 cm³/mol. The standard InChI is InChI=1S/C17H25N3O3/c1-3-4-5-17(21)18-14-8-10-19(11-9-14)15-6-7-16(20(22)23)13(2)12-15/h6-7,12,14H,3-5,8-11H2,1-2H3,(H,18,21). The smallest absolute Gasteiger partial charge is 0.272 e. The quantitative estimate of drug-likeness (QED) is 0.645. The SMILES string of the molecule is CCCCC(=O)NC1CCN(c2ccc([N+](=O)[O-])c(C)c2)CC1. The van der Waals surface area contributed by atoms with Crippen LogP contribution in [0.3, 0.4) is 0 Å². The van der Waals surface area contributed by atoms with Gasteiger partial charge in [0, 0.05) is 42.9 Å². The van der Waals surface area contributed by atoms with E-state index in [1.54, 1.807) is 13.0 Å². The lowest BCUT2D eigenvalue weighted by Crippen LogP contribution is -2.44. The molecule has 0 atom stereocenters. The first-order valence-corrected chi connectivity index (χ1v) is 8.30. The Morgan fingerprint density at radius 3 is 2.65 bits per heavy atom. The Balaban J connectivity index is 1.88. The second kappa shape index (κ2) is 7.94. The Hall–Kier alpha value is -2.11. The van der Waals surface area contributed by atoms with Crippen LogP contribution in [0.1, 0.15) is 44.6 Å². The molecule has 6 heteroatoms. The molecule has 6 nitrogen and oxygen atoms in total. The number of piperidine rings is 1. The van der Waals surface area contributed by atoms with E-state index in [1.165, 1.54) is 0 Å². The maximum Gasteiger partial charge on any atom is 0.272 e. The van der Waals surface area contributed by atoms with Crippen molar-refractivity contribution in [2.24, 2.45) is 0 Å². The summed E-state index contributed by atoms with van der Waals surface area (Å²) in [7, 11) is 0. The van der Waals surface area contributed by atoms with Crippen molar-refractivity contribution in [2.45, 2.75) is 52.0 Å². The number of nitro benzene ring substituents is 1. The van der Waals surface area contributed by atoms with Crippen LogP contribution < -0.4 is 10.2 Å². The Morgan fingerprint density at radius 1 is 1.39 bits per heavy atom. The number of nitro groups is 1. The molecule has 126 valence electrons. The van der Waals surface area contributed by atoms with E-state index in [4.69, 9.17) is 0 Å². The number of amides is 1. The molecule has 1 saturated heterocycles. The number of benzene rings is 1. The number of nitrogens with zero attached hydrogens (tertiary/aromatic N) is 2. The van der Waals surface area contributed by atoms with Gasteiger partial charge in [-0.3, -0.25) is 14.9 Å². The molecule has 1 N–H and O–H groups in total. The van der Waals surface area contributed by atoms with Gasteiger partial charge in [-0.05, 0) is 38.3 Å². The molecule has 0 spiro atoms. The molecule has 23 heavy (non-hydrogen) atoms. The maximum absolute atomic E-state index is 11.8. The third-order valence-electron chi connectivity index (χ3n) is 4.36. The van der Waals surface area contributed by atoms with Crippen LogP contribution in [0.15, 0.2) is 18.2 Å². The van der Waals surface area contributed by atoms with Gasteiger partial charge >= 0.3 is 0 Å². The zero-order valence-electron chi connectivity index (χ0n) is 13.9. The highest BCUT2D eigenvalue weighted by molar-refractivity contribution is 5.76. The third kappa shape index (κ3) is 4.68.